The molecule has 0 aromatic rings. The van der Waals surface area contributed by atoms with Crippen molar-refractivity contribution in [2.24, 2.45) is 35.5 Å². The number of methoxy groups -OCH3 is 3. The van der Waals surface area contributed by atoms with Crippen LogP contribution in [0.5, 0.6) is 0 Å². The van der Waals surface area contributed by atoms with Gasteiger partial charge in [0.05, 0.1) is 35.5 Å². The quantitative estimate of drug-likeness (QED) is 0.109. The Morgan fingerprint density at radius 3 is 2.33 bits per heavy atom. The van der Waals surface area contributed by atoms with Crippen molar-refractivity contribution in [3.63, 3.8) is 0 Å². The fraction of sp³-hybridized carbons (Fsp3) is 0.818. The summed E-state index contributed by atoms with van der Waals surface area (Å²) in [4.78, 5) is 58.8. The highest BCUT2D eigenvalue weighted by Crippen LogP contribution is 2.42. The van der Waals surface area contributed by atoms with Crippen molar-refractivity contribution >= 4 is 35.0 Å². The Morgan fingerprint density at radius 1 is 0.983 bits per heavy atom. The number of carbonyl (C=O) groups excluding carboxylic acids is 4. The molecule has 14 heteroatoms. The standard InChI is InChI=1S/C44H69ClN2O11/c1-10-30-18-24(2)17-25(3)19-35(54-7)39-36(55-8)21-27(5)44(53,58-39)40(50)41(51)47-16-12-11-15-43(47)42(52)57-38(28(6)33(48)23-34(30)49)32(46-43)22-29-13-14-31(45)37(56-9)26(4)20-29/h18,22,25-31,33,35-39,46,48,53H,10-17,19-21,23H2,1-9H3/b24-18+,32-22-/t25-,26-,27+,28+,29+,30+,31-,33-,35-,36-,37+,38-,39+,43-,44+/m0/s1. The molecule has 4 bridgehead atoms. The van der Waals surface area contributed by atoms with Gasteiger partial charge in [-0.05, 0) is 82.5 Å². The number of halogens is 1. The van der Waals surface area contributed by atoms with Gasteiger partial charge in [-0.3, -0.25) is 14.4 Å². The summed E-state index contributed by atoms with van der Waals surface area (Å²) in [5, 5.41) is 27.2. The van der Waals surface area contributed by atoms with E-state index in [1.165, 1.54) is 19.1 Å². The van der Waals surface area contributed by atoms with Gasteiger partial charge in [0.2, 0.25) is 11.4 Å². The van der Waals surface area contributed by atoms with Gasteiger partial charge in [0.25, 0.3) is 11.7 Å². The Balaban J connectivity index is 1.62. The van der Waals surface area contributed by atoms with Gasteiger partial charge < -0.3 is 44.1 Å². The van der Waals surface area contributed by atoms with Crippen LogP contribution in [0.15, 0.2) is 23.4 Å². The number of allylic oxidation sites excluding steroid dienone is 3. The maximum Gasteiger partial charge on any atom is 0.353 e. The van der Waals surface area contributed by atoms with Crippen molar-refractivity contribution in [2.75, 3.05) is 27.9 Å². The van der Waals surface area contributed by atoms with E-state index in [0.717, 1.165) is 5.57 Å². The third-order valence-corrected chi connectivity index (χ3v) is 14.2. The molecule has 0 aromatic carbocycles. The van der Waals surface area contributed by atoms with E-state index in [1.807, 2.05) is 26.0 Å². The number of nitrogens with one attached hydrogen (secondary N) is 1. The number of hydrogen-bond acceptors (Lipinski definition) is 12. The smallest absolute Gasteiger partial charge is 0.353 e. The first-order chi connectivity index (χ1) is 27.4. The number of carbonyl (C=O) groups is 4. The van der Waals surface area contributed by atoms with E-state index in [4.69, 9.17) is 35.3 Å². The summed E-state index contributed by atoms with van der Waals surface area (Å²) >= 11 is 6.78. The van der Waals surface area contributed by atoms with Crippen molar-refractivity contribution in [3.05, 3.63) is 23.4 Å². The van der Waals surface area contributed by atoms with Gasteiger partial charge in [-0.15, -0.1) is 11.6 Å². The largest absolute Gasteiger partial charge is 0.452 e. The van der Waals surface area contributed by atoms with Gasteiger partial charge in [-0.1, -0.05) is 52.3 Å². The molecule has 3 N–H and O–H groups in total. The fourth-order valence-electron chi connectivity index (χ4n) is 10.3. The van der Waals surface area contributed by atoms with Crippen LogP contribution in [0, 0.1) is 35.5 Å². The molecule has 0 unspecified atom stereocenters. The number of aliphatic hydroxyl groups excluding tert-OH is 1. The van der Waals surface area contributed by atoms with E-state index >= 15 is 0 Å². The van der Waals surface area contributed by atoms with Gasteiger partial charge in [0, 0.05) is 58.5 Å². The average Bonchev–Trinajstić information content (AvgIpc) is 3.32. The molecule has 6 rings (SSSR count). The van der Waals surface area contributed by atoms with Crippen molar-refractivity contribution < 1.29 is 53.1 Å². The summed E-state index contributed by atoms with van der Waals surface area (Å²) in [6.07, 6.45) is 4.61. The van der Waals surface area contributed by atoms with Crippen LogP contribution < -0.4 is 5.32 Å². The number of nitrogens with zero attached hydrogens (tertiary/aromatic N) is 1. The van der Waals surface area contributed by atoms with E-state index in [1.54, 1.807) is 21.0 Å². The number of morpholine rings is 1. The third kappa shape index (κ3) is 9.56. The highest BCUT2D eigenvalue weighted by Gasteiger charge is 2.61. The third-order valence-electron chi connectivity index (χ3n) is 13.8. The summed E-state index contributed by atoms with van der Waals surface area (Å²) < 4.78 is 30.2. The fourth-order valence-corrected chi connectivity index (χ4v) is 10.8. The lowest BCUT2D eigenvalue weighted by Gasteiger charge is -2.52. The molecule has 1 spiro atoms. The van der Waals surface area contributed by atoms with Crippen LogP contribution in [0.2, 0.25) is 0 Å². The van der Waals surface area contributed by atoms with Gasteiger partial charge >= 0.3 is 5.97 Å². The summed E-state index contributed by atoms with van der Waals surface area (Å²) in [5.74, 6) is -7.58. The Labute approximate surface area is 349 Å². The average molecular weight is 837 g/mol. The molecule has 1 aliphatic carbocycles. The number of aliphatic hydroxyl groups is 2. The molecule has 3 saturated heterocycles. The molecule has 58 heavy (non-hydrogen) atoms. The zero-order chi connectivity index (χ0) is 42.7. The van der Waals surface area contributed by atoms with Crippen molar-refractivity contribution in [1.29, 1.82) is 0 Å². The van der Waals surface area contributed by atoms with E-state index in [0.29, 0.717) is 57.1 Å². The van der Waals surface area contributed by atoms with Gasteiger partial charge in [0.15, 0.2) is 0 Å². The zero-order valence-electron chi connectivity index (χ0n) is 36.0. The Bertz CT molecular complexity index is 1560. The molecule has 328 valence electrons. The molecular weight excluding hydrogens is 768 g/mol. The van der Waals surface area contributed by atoms with Crippen LogP contribution in [0.25, 0.3) is 0 Å². The number of ketones is 2. The topological polar surface area (TPSA) is 170 Å². The summed E-state index contributed by atoms with van der Waals surface area (Å²) in [5.41, 5.74) is -0.296. The minimum atomic E-state index is -2.54. The van der Waals surface area contributed by atoms with Crippen molar-refractivity contribution in [3.8, 4) is 0 Å². The Hall–Kier alpha value is -2.39. The number of fused-ring (bicyclic) bond motifs is 12. The summed E-state index contributed by atoms with van der Waals surface area (Å²) in [7, 11) is 4.74. The number of ether oxygens (including phenoxy) is 5. The first kappa shape index (κ1) is 46.7. The van der Waals surface area contributed by atoms with E-state index < -0.39 is 77.4 Å². The number of piperidine rings is 1. The highest BCUT2D eigenvalue weighted by molar-refractivity contribution is 6.39. The minimum Gasteiger partial charge on any atom is -0.452 e. The predicted octanol–water partition coefficient (Wildman–Crippen LogP) is 5.22. The van der Waals surface area contributed by atoms with Crippen molar-refractivity contribution in [2.45, 2.75) is 166 Å². The Morgan fingerprint density at radius 2 is 1.67 bits per heavy atom. The SMILES string of the molecule is CC[C@@H]1/C=C(\C)C[C@H](C)C[C@H](OC)[C@H]2O[C@@](O)(C(=O)C(=O)N3CCCC[C@]34N/C(=C\[C@@H]3CC[C@H](Cl)[C@H](OC)[C@@H](C)C3)[C@@H](OC4=O)[C@H](C)[C@@H](O)CC1=O)[C@H](C)C[C@@H]2OC. The van der Waals surface area contributed by atoms with Crippen LogP contribution in [0.3, 0.4) is 0 Å². The number of alkyl halides is 1. The van der Waals surface area contributed by atoms with Crippen LogP contribution in [0.4, 0.5) is 0 Å². The summed E-state index contributed by atoms with van der Waals surface area (Å²) in [6.45, 7) is 11.5. The predicted molar refractivity (Wildman–Crippen MR) is 217 cm³/mol. The van der Waals surface area contributed by atoms with E-state index in [9.17, 15) is 29.4 Å². The minimum absolute atomic E-state index is 0.0369. The number of Topliss-reactive ketones (excluding diaryl/α,β-unsaturated/α-hetero) is 2. The maximum atomic E-state index is 14.7. The second-order valence-electron chi connectivity index (χ2n) is 18.1. The van der Waals surface area contributed by atoms with Gasteiger partial charge in [-0.2, -0.15) is 0 Å². The second-order valence-corrected chi connectivity index (χ2v) is 18.6. The second kappa shape index (κ2) is 19.5. The first-order valence-corrected chi connectivity index (χ1v) is 22.0. The molecule has 6 aliphatic rings. The maximum absolute atomic E-state index is 14.7. The molecule has 0 aromatic heterocycles. The highest BCUT2D eigenvalue weighted by atomic mass is 35.5. The van der Waals surface area contributed by atoms with E-state index in [2.05, 4.69) is 19.2 Å². The Kier molecular flexibility index (Phi) is 15.7. The lowest BCUT2D eigenvalue weighted by molar-refractivity contribution is -0.302. The van der Waals surface area contributed by atoms with Crippen LogP contribution in [-0.2, 0) is 42.9 Å². The lowest BCUT2D eigenvalue weighted by atomic mass is 9.81. The molecular formula is C44H69ClN2O11. The normalized spacial score (nSPS) is 44.3. The van der Waals surface area contributed by atoms with Crippen LogP contribution in [0.1, 0.15) is 112 Å². The van der Waals surface area contributed by atoms with E-state index in [-0.39, 0.29) is 60.8 Å². The van der Waals surface area contributed by atoms with Gasteiger partial charge in [-0.25, -0.2) is 4.79 Å². The molecule has 0 radical (unpaired) electrons. The molecule has 1 amide bonds. The molecule has 5 heterocycles. The molecule has 15 atom stereocenters. The van der Waals surface area contributed by atoms with Crippen LogP contribution in [-0.4, -0.2) is 120 Å². The monoisotopic (exact) mass is 836 g/mol. The first-order valence-electron chi connectivity index (χ1n) is 21.5. The van der Waals surface area contributed by atoms with Crippen molar-refractivity contribution in [1.82, 2.24) is 10.2 Å². The number of hydrogen-bond donors (Lipinski definition) is 3. The lowest BCUT2D eigenvalue weighted by Crippen LogP contribution is -2.74. The van der Waals surface area contributed by atoms with Gasteiger partial charge in [0.1, 0.15) is 18.0 Å². The zero-order valence-corrected chi connectivity index (χ0v) is 36.8. The molecule has 1 saturated carbocycles. The summed E-state index contributed by atoms with van der Waals surface area (Å²) in [6, 6.07) is 0. The van der Waals surface area contributed by atoms with Crippen LogP contribution >= 0.6 is 11.6 Å². The number of esters is 1. The molecule has 13 nitrogen and oxygen atoms in total. The number of rotatable bonds is 5. The molecule has 5 aliphatic heterocycles. The molecule has 4 fully saturated rings. The number of amides is 1.